The molecule has 0 bridgehead atoms. The zero-order valence-corrected chi connectivity index (χ0v) is 18.7. The van der Waals surface area contributed by atoms with Gasteiger partial charge in [0.2, 0.25) is 5.95 Å². The summed E-state index contributed by atoms with van der Waals surface area (Å²) in [4.78, 5) is 18.8. The van der Waals surface area contributed by atoms with Crippen LogP contribution in [0.5, 0.6) is 0 Å². The van der Waals surface area contributed by atoms with Crippen molar-refractivity contribution in [1.82, 2.24) is 14.3 Å². The lowest BCUT2D eigenvalue weighted by atomic mass is 9.75. The van der Waals surface area contributed by atoms with Crippen LogP contribution in [0.4, 0.5) is 5.95 Å². The molecule has 7 nitrogen and oxygen atoms in total. The van der Waals surface area contributed by atoms with Gasteiger partial charge in [0.1, 0.15) is 4.75 Å². The van der Waals surface area contributed by atoms with Gasteiger partial charge in [-0.3, -0.25) is 9.36 Å². The van der Waals surface area contributed by atoms with Gasteiger partial charge in [0.05, 0.1) is 22.8 Å². The highest BCUT2D eigenvalue weighted by Gasteiger charge is 2.49. The Morgan fingerprint density at radius 2 is 2.08 bits per heavy atom. The van der Waals surface area contributed by atoms with Gasteiger partial charge in [-0.1, -0.05) is 0 Å². The van der Waals surface area contributed by atoms with Crippen molar-refractivity contribution in [2.45, 2.75) is 44.4 Å². The predicted molar refractivity (Wildman–Crippen MR) is 112 cm³/mol. The van der Waals surface area contributed by atoms with E-state index in [1.54, 1.807) is 17.8 Å². The summed E-state index contributed by atoms with van der Waals surface area (Å²) in [6.07, 6.45) is 3.49. The monoisotopic (exact) mass is 494 g/mol. The van der Waals surface area contributed by atoms with Gasteiger partial charge in [0.25, 0.3) is 5.56 Å². The topological polar surface area (TPSA) is 82.4 Å². The van der Waals surface area contributed by atoms with Gasteiger partial charge >= 0.3 is 0 Å². The van der Waals surface area contributed by atoms with Crippen molar-refractivity contribution in [1.29, 1.82) is 0 Å². The van der Waals surface area contributed by atoms with Gasteiger partial charge < -0.3 is 14.2 Å². The first-order valence-corrected chi connectivity index (χ1v) is 11.1. The molecule has 3 heterocycles. The number of nitrogens with zero attached hydrogens (tertiary/aromatic N) is 3. The third kappa shape index (κ3) is 3.91. The Bertz CT molecular complexity index is 713. The first kappa shape index (κ1) is 20.4. The number of anilines is 1. The standard InChI is InChI=1S/C17H27IN4O3S/c1-16(2,3)26(24)20-13-10-25-11-17(13)5-7-22(8-6-17)15-19-9-12(18)14(23)21(15)4/h9,13,20H,5-8,10-11H2,1-4H3/t13-,26-/m1/s1. The van der Waals surface area contributed by atoms with E-state index in [0.29, 0.717) is 22.7 Å². The summed E-state index contributed by atoms with van der Waals surface area (Å²) in [5, 5.41) is 0. The van der Waals surface area contributed by atoms with Gasteiger partial charge in [-0.2, -0.15) is 0 Å². The van der Waals surface area contributed by atoms with Crippen molar-refractivity contribution < 1.29 is 9.29 Å². The van der Waals surface area contributed by atoms with Crippen molar-refractivity contribution in [3.05, 3.63) is 20.1 Å². The molecule has 26 heavy (non-hydrogen) atoms. The van der Waals surface area contributed by atoms with E-state index in [-0.39, 0.29) is 21.8 Å². The zero-order valence-electron chi connectivity index (χ0n) is 15.7. The fourth-order valence-corrected chi connectivity index (χ4v) is 5.00. The SMILES string of the molecule is Cn1c(N2CCC3(CC2)COC[C@H]3N[S@+]([O-])C(C)(C)C)ncc(I)c1=O. The van der Waals surface area contributed by atoms with Crippen LogP contribution in [0.2, 0.25) is 0 Å². The Labute approximate surface area is 171 Å². The Kier molecular flexibility index (Phi) is 5.94. The lowest BCUT2D eigenvalue weighted by Gasteiger charge is -2.42. The maximum absolute atomic E-state index is 12.5. The Hall–Kier alpha value is -0.360. The molecule has 0 unspecified atom stereocenters. The van der Waals surface area contributed by atoms with Crippen LogP contribution in [0, 0.1) is 8.99 Å². The zero-order chi connectivity index (χ0) is 19.1. The van der Waals surface area contributed by atoms with Crippen LogP contribution in [-0.2, 0) is 23.1 Å². The van der Waals surface area contributed by atoms with Crippen molar-refractivity contribution in [2.24, 2.45) is 12.5 Å². The van der Waals surface area contributed by atoms with Crippen LogP contribution in [0.1, 0.15) is 33.6 Å². The van der Waals surface area contributed by atoms with Crippen LogP contribution < -0.4 is 15.2 Å². The molecule has 0 saturated carbocycles. The van der Waals surface area contributed by atoms with E-state index in [4.69, 9.17) is 4.74 Å². The van der Waals surface area contributed by atoms with Crippen molar-refractivity contribution >= 4 is 39.9 Å². The molecule has 1 spiro atoms. The van der Waals surface area contributed by atoms with E-state index >= 15 is 0 Å². The minimum absolute atomic E-state index is 0.000516. The first-order chi connectivity index (χ1) is 12.1. The minimum atomic E-state index is -1.11. The van der Waals surface area contributed by atoms with Crippen LogP contribution in [0.25, 0.3) is 0 Å². The molecule has 0 radical (unpaired) electrons. The van der Waals surface area contributed by atoms with Crippen LogP contribution >= 0.6 is 22.6 Å². The number of nitrogens with one attached hydrogen (secondary N) is 1. The number of aromatic nitrogens is 2. The maximum Gasteiger partial charge on any atom is 0.268 e. The highest BCUT2D eigenvalue weighted by Crippen LogP contribution is 2.40. The molecule has 2 aliphatic heterocycles. The molecule has 2 saturated heterocycles. The summed E-state index contributed by atoms with van der Waals surface area (Å²) in [5.74, 6) is 0.715. The second kappa shape index (κ2) is 7.57. The number of hydrogen-bond acceptors (Lipinski definition) is 6. The van der Waals surface area contributed by atoms with Gasteiger partial charge in [-0.15, -0.1) is 4.72 Å². The van der Waals surface area contributed by atoms with E-state index < -0.39 is 11.4 Å². The van der Waals surface area contributed by atoms with Crippen molar-refractivity contribution in [2.75, 3.05) is 31.2 Å². The fourth-order valence-electron chi connectivity index (χ4n) is 3.57. The van der Waals surface area contributed by atoms with Crippen molar-refractivity contribution in [3.8, 4) is 0 Å². The number of rotatable bonds is 3. The van der Waals surface area contributed by atoms with Gasteiger partial charge in [0, 0.05) is 43.1 Å². The average Bonchev–Trinajstić information content (AvgIpc) is 2.95. The first-order valence-electron chi connectivity index (χ1n) is 8.86. The molecule has 0 aromatic carbocycles. The number of hydrogen-bond donors (Lipinski definition) is 1. The lowest BCUT2D eigenvalue weighted by molar-refractivity contribution is 0.130. The molecule has 9 heteroatoms. The summed E-state index contributed by atoms with van der Waals surface area (Å²) >= 11 is 0.904. The highest BCUT2D eigenvalue weighted by atomic mass is 127. The van der Waals surface area contributed by atoms with Crippen molar-refractivity contribution in [3.63, 3.8) is 0 Å². The third-order valence-corrected chi connectivity index (χ3v) is 7.71. The second-order valence-electron chi connectivity index (χ2n) is 8.19. The number of ether oxygens (including phenoxy) is 1. The number of piperidine rings is 1. The Balaban J connectivity index is 1.71. The number of halogens is 1. The maximum atomic E-state index is 12.5. The van der Waals surface area contributed by atoms with E-state index in [9.17, 15) is 9.35 Å². The Morgan fingerprint density at radius 1 is 1.42 bits per heavy atom. The normalized spacial score (nSPS) is 24.2. The molecule has 1 aromatic heterocycles. The molecule has 3 rings (SSSR count). The second-order valence-corrected chi connectivity index (χ2v) is 11.3. The Morgan fingerprint density at radius 3 is 2.69 bits per heavy atom. The molecular weight excluding hydrogens is 467 g/mol. The average molecular weight is 494 g/mol. The van der Waals surface area contributed by atoms with E-state index in [2.05, 4.69) is 14.6 Å². The lowest BCUT2D eigenvalue weighted by Crippen LogP contribution is -2.55. The van der Waals surface area contributed by atoms with E-state index in [1.165, 1.54) is 0 Å². The molecule has 1 aromatic rings. The summed E-state index contributed by atoms with van der Waals surface area (Å²) in [6, 6.07) is 0.0956. The summed E-state index contributed by atoms with van der Waals surface area (Å²) in [5.41, 5.74) is -0.0142. The largest absolute Gasteiger partial charge is 0.598 e. The molecule has 2 atom stereocenters. The van der Waals surface area contributed by atoms with Gasteiger partial charge in [0.15, 0.2) is 0 Å². The van der Waals surface area contributed by atoms with Crippen LogP contribution in [0.15, 0.2) is 11.0 Å². The fraction of sp³-hybridized carbons (Fsp3) is 0.765. The molecule has 2 fully saturated rings. The molecule has 0 amide bonds. The van der Waals surface area contributed by atoms with Gasteiger partial charge in [-0.25, -0.2) is 4.98 Å². The van der Waals surface area contributed by atoms with E-state index in [0.717, 1.165) is 25.9 Å². The molecule has 1 N–H and O–H groups in total. The molecule has 0 aliphatic carbocycles. The third-order valence-electron chi connectivity index (χ3n) is 5.36. The highest BCUT2D eigenvalue weighted by molar-refractivity contribution is 14.1. The minimum Gasteiger partial charge on any atom is -0.598 e. The molecule has 146 valence electrons. The summed E-state index contributed by atoms with van der Waals surface area (Å²) in [6.45, 7) is 8.84. The summed E-state index contributed by atoms with van der Waals surface area (Å²) < 4.78 is 23.6. The molecule has 2 aliphatic rings. The van der Waals surface area contributed by atoms with Gasteiger partial charge in [-0.05, 0) is 56.2 Å². The van der Waals surface area contributed by atoms with Crippen LogP contribution in [-0.4, -0.2) is 51.2 Å². The van der Waals surface area contributed by atoms with Crippen LogP contribution in [0.3, 0.4) is 0 Å². The smallest absolute Gasteiger partial charge is 0.268 e. The predicted octanol–water partition coefficient (Wildman–Crippen LogP) is 1.42. The van der Waals surface area contributed by atoms with E-state index in [1.807, 2.05) is 43.4 Å². The quantitative estimate of drug-likeness (QED) is 0.506. The molecular formula is C17H27IN4O3S. The summed E-state index contributed by atoms with van der Waals surface area (Å²) in [7, 11) is 1.77.